The number of hydrogen-bond donors (Lipinski definition) is 1. The summed E-state index contributed by atoms with van der Waals surface area (Å²) in [6.07, 6.45) is 1.06. The highest BCUT2D eigenvalue weighted by molar-refractivity contribution is 7.88. The minimum Gasteiger partial charge on any atom is -0.301 e. The lowest BCUT2D eigenvalue weighted by Gasteiger charge is -2.12. The smallest absolute Gasteiger partial charge is 0.241 e. The summed E-state index contributed by atoms with van der Waals surface area (Å²) in [5.41, 5.74) is 0.810. The van der Waals surface area contributed by atoms with Gasteiger partial charge in [-0.2, -0.15) is 4.31 Å². The molecule has 2 heterocycles. The standard InChI is InChI=1S/C12H15N3O3S3/c1-8-4-5-10(20-8)9-7-19-12(13-9)14-11(16)6-15(2)21(3,17)18/h4-5,7H,6H2,1-3H3,(H,13,14,16). The minimum atomic E-state index is -3.37. The number of amides is 1. The van der Waals surface area contributed by atoms with Gasteiger partial charge in [0.25, 0.3) is 0 Å². The molecule has 2 aromatic heterocycles. The number of carbonyl (C=O) groups excluding carboxylic acids is 1. The molecule has 0 atom stereocenters. The van der Waals surface area contributed by atoms with Gasteiger partial charge < -0.3 is 5.32 Å². The third-order valence-corrected chi connectivity index (χ3v) is 5.72. The summed E-state index contributed by atoms with van der Waals surface area (Å²) in [6, 6.07) is 4.00. The lowest BCUT2D eigenvalue weighted by Crippen LogP contribution is -2.34. The molecule has 0 fully saturated rings. The van der Waals surface area contributed by atoms with Crippen LogP contribution < -0.4 is 5.32 Å². The highest BCUT2D eigenvalue weighted by atomic mass is 32.2. The van der Waals surface area contributed by atoms with Crippen molar-refractivity contribution in [2.45, 2.75) is 6.92 Å². The average Bonchev–Trinajstić information content (AvgIpc) is 2.96. The second kappa shape index (κ2) is 6.22. The van der Waals surface area contributed by atoms with Crippen molar-refractivity contribution in [1.82, 2.24) is 9.29 Å². The summed E-state index contributed by atoms with van der Waals surface area (Å²) in [6.45, 7) is 1.79. The lowest BCUT2D eigenvalue weighted by molar-refractivity contribution is -0.116. The maximum absolute atomic E-state index is 11.8. The van der Waals surface area contributed by atoms with Crippen LogP contribution in [0, 0.1) is 6.92 Å². The van der Waals surface area contributed by atoms with E-state index in [9.17, 15) is 13.2 Å². The SMILES string of the molecule is Cc1ccc(-c2csc(NC(=O)CN(C)S(C)(=O)=O)n2)s1. The number of sulfonamides is 1. The zero-order valence-corrected chi connectivity index (χ0v) is 14.2. The van der Waals surface area contributed by atoms with E-state index in [-0.39, 0.29) is 6.54 Å². The van der Waals surface area contributed by atoms with Crippen LogP contribution in [0.3, 0.4) is 0 Å². The van der Waals surface area contributed by atoms with Crippen LogP contribution in [0.4, 0.5) is 5.13 Å². The summed E-state index contributed by atoms with van der Waals surface area (Å²) in [5, 5.41) is 4.93. The van der Waals surface area contributed by atoms with Crippen LogP contribution in [-0.2, 0) is 14.8 Å². The number of hydrogen-bond acceptors (Lipinski definition) is 6. The van der Waals surface area contributed by atoms with Gasteiger partial charge in [0.05, 0.1) is 23.4 Å². The number of aromatic nitrogens is 1. The molecule has 0 aliphatic heterocycles. The molecule has 2 aromatic rings. The molecule has 0 aliphatic carbocycles. The first-order valence-electron chi connectivity index (χ1n) is 5.99. The first kappa shape index (κ1) is 16.1. The fourth-order valence-electron chi connectivity index (χ4n) is 1.49. The van der Waals surface area contributed by atoms with Gasteiger partial charge in [-0.1, -0.05) is 0 Å². The number of thiazole rings is 1. The Kier molecular flexibility index (Phi) is 4.77. The molecule has 0 saturated carbocycles. The number of thiophene rings is 1. The Morgan fingerprint density at radius 1 is 1.43 bits per heavy atom. The third-order valence-electron chi connectivity index (χ3n) is 2.68. The largest absolute Gasteiger partial charge is 0.301 e. The number of nitrogens with one attached hydrogen (secondary N) is 1. The van der Waals surface area contributed by atoms with E-state index in [4.69, 9.17) is 0 Å². The van der Waals surface area contributed by atoms with Gasteiger partial charge in [-0.3, -0.25) is 4.79 Å². The van der Waals surface area contributed by atoms with Gasteiger partial charge in [-0.05, 0) is 19.1 Å². The molecule has 0 radical (unpaired) electrons. The molecule has 0 unspecified atom stereocenters. The third kappa shape index (κ3) is 4.34. The molecule has 21 heavy (non-hydrogen) atoms. The fraction of sp³-hybridized carbons (Fsp3) is 0.333. The molecular formula is C12H15N3O3S3. The van der Waals surface area contributed by atoms with Crippen molar-refractivity contribution in [3.63, 3.8) is 0 Å². The maximum Gasteiger partial charge on any atom is 0.241 e. The second-order valence-electron chi connectivity index (χ2n) is 4.52. The number of nitrogens with zero attached hydrogens (tertiary/aromatic N) is 2. The van der Waals surface area contributed by atoms with Crippen molar-refractivity contribution < 1.29 is 13.2 Å². The Morgan fingerprint density at radius 2 is 2.14 bits per heavy atom. The summed E-state index contributed by atoms with van der Waals surface area (Å²) in [7, 11) is -2.01. The number of carbonyl (C=O) groups is 1. The minimum absolute atomic E-state index is 0.230. The van der Waals surface area contributed by atoms with Crippen LogP contribution in [0.5, 0.6) is 0 Å². The van der Waals surface area contributed by atoms with Gasteiger partial charge in [0.15, 0.2) is 5.13 Å². The van der Waals surface area contributed by atoms with Crippen LogP contribution >= 0.6 is 22.7 Å². The van der Waals surface area contributed by atoms with E-state index >= 15 is 0 Å². The topological polar surface area (TPSA) is 79.4 Å². The Balaban J connectivity index is 2.01. The molecule has 1 amide bonds. The van der Waals surface area contributed by atoms with Crippen LogP contribution in [0.1, 0.15) is 4.88 Å². The predicted molar refractivity (Wildman–Crippen MR) is 86.3 cm³/mol. The van der Waals surface area contributed by atoms with Crippen molar-refractivity contribution in [3.8, 4) is 10.6 Å². The van der Waals surface area contributed by atoms with E-state index in [2.05, 4.69) is 10.3 Å². The summed E-state index contributed by atoms with van der Waals surface area (Å²) in [4.78, 5) is 18.3. The van der Waals surface area contributed by atoms with Gasteiger partial charge in [0.2, 0.25) is 15.9 Å². The van der Waals surface area contributed by atoms with Gasteiger partial charge in [0, 0.05) is 17.3 Å². The van der Waals surface area contributed by atoms with Crippen LogP contribution in [0.2, 0.25) is 0 Å². The summed E-state index contributed by atoms with van der Waals surface area (Å²) >= 11 is 2.94. The van der Waals surface area contributed by atoms with Crippen molar-refractivity contribution in [2.75, 3.05) is 25.2 Å². The Morgan fingerprint density at radius 3 is 2.71 bits per heavy atom. The number of aryl methyl sites for hydroxylation is 1. The molecule has 0 spiro atoms. The Hall–Kier alpha value is -1.29. The maximum atomic E-state index is 11.8. The Labute approximate surface area is 131 Å². The molecule has 0 aromatic carbocycles. The molecule has 1 N–H and O–H groups in total. The first-order valence-corrected chi connectivity index (χ1v) is 9.53. The average molecular weight is 345 g/mol. The van der Waals surface area contributed by atoms with Crippen molar-refractivity contribution in [3.05, 3.63) is 22.4 Å². The zero-order valence-electron chi connectivity index (χ0n) is 11.8. The monoisotopic (exact) mass is 345 g/mol. The highest BCUT2D eigenvalue weighted by Crippen LogP contribution is 2.30. The first-order chi connectivity index (χ1) is 9.75. The van der Waals surface area contributed by atoms with Gasteiger partial charge in [-0.25, -0.2) is 13.4 Å². The van der Waals surface area contributed by atoms with Crippen LogP contribution in [0.25, 0.3) is 10.6 Å². The van der Waals surface area contributed by atoms with Crippen molar-refractivity contribution in [2.24, 2.45) is 0 Å². The van der Waals surface area contributed by atoms with Crippen LogP contribution in [-0.4, -0.2) is 43.5 Å². The molecule has 2 rings (SSSR count). The van der Waals surface area contributed by atoms with E-state index in [0.29, 0.717) is 5.13 Å². The zero-order chi connectivity index (χ0) is 15.6. The molecule has 9 heteroatoms. The quantitative estimate of drug-likeness (QED) is 0.899. The fourth-order valence-corrected chi connectivity index (χ4v) is 3.48. The number of anilines is 1. The van der Waals surface area contributed by atoms with Gasteiger partial charge in [-0.15, -0.1) is 22.7 Å². The molecule has 0 saturated heterocycles. The molecule has 6 nitrogen and oxygen atoms in total. The normalized spacial score (nSPS) is 11.8. The number of rotatable bonds is 5. The van der Waals surface area contributed by atoms with Gasteiger partial charge >= 0.3 is 0 Å². The molecule has 0 bridgehead atoms. The van der Waals surface area contributed by atoms with Gasteiger partial charge in [0.1, 0.15) is 0 Å². The summed E-state index contributed by atoms with van der Waals surface area (Å²) < 4.78 is 23.5. The van der Waals surface area contributed by atoms with E-state index in [1.54, 1.807) is 11.3 Å². The number of likely N-dealkylation sites (N-methyl/N-ethyl adjacent to an activating group) is 1. The molecular weight excluding hydrogens is 330 g/mol. The van der Waals surface area contributed by atoms with E-state index < -0.39 is 15.9 Å². The second-order valence-corrected chi connectivity index (χ2v) is 8.75. The van der Waals surface area contributed by atoms with E-state index in [1.807, 2.05) is 24.4 Å². The molecule has 114 valence electrons. The lowest BCUT2D eigenvalue weighted by atomic mass is 10.4. The predicted octanol–water partition coefficient (Wildman–Crippen LogP) is 2.01. The Bertz CT molecular complexity index is 749. The van der Waals surface area contributed by atoms with Crippen molar-refractivity contribution in [1.29, 1.82) is 0 Å². The van der Waals surface area contributed by atoms with E-state index in [1.165, 1.54) is 23.3 Å². The summed E-state index contributed by atoms with van der Waals surface area (Å²) in [5.74, 6) is -0.411. The molecule has 0 aliphatic rings. The van der Waals surface area contributed by atoms with E-state index in [0.717, 1.165) is 21.1 Å². The highest BCUT2D eigenvalue weighted by Gasteiger charge is 2.16. The van der Waals surface area contributed by atoms with Crippen molar-refractivity contribution >= 4 is 43.7 Å². The van der Waals surface area contributed by atoms with Crippen LogP contribution in [0.15, 0.2) is 17.5 Å².